The van der Waals surface area contributed by atoms with Crippen LogP contribution in [0.2, 0.25) is 0 Å². The molecule has 0 aromatic rings. The minimum absolute atomic E-state index is 0. The van der Waals surface area contributed by atoms with Gasteiger partial charge in [-0.1, -0.05) is 18.2 Å². The summed E-state index contributed by atoms with van der Waals surface area (Å²) >= 11 is 0. The van der Waals surface area contributed by atoms with Gasteiger partial charge >= 0.3 is 63.3 Å². The minimum Gasteiger partial charge on any atom is -0.545 e. The molecule has 0 heterocycles. The first-order valence-electron chi connectivity index (χ1n) is 8.41. The number of aliphatic carboxylic acids is 3. The van der Waals surface area contributed by atoms with Crippen molar-refractivity contribution >= 4 is 17.9 Å². The van der Waals surface area contributed by atoms with Crippen LogP contribution in [0.5, 0.6) is 0 Å². The third-order valence-electron chi connectivity index (χ3n) is 2.77. The average Bonchev–Trinajstić information content (AvgIpc) is 2.61. The summed E-state index contributed by atoms with van der Waals surface area (Å²) in [6.07, 6.45) is 5.52. The van der Waals surface area contributed by atoms with Gasteiger partial charge in [0.1, 0.15) is 6.04 Å². The summed E-state index contributed by atoms with van der Waals surface area (Å²) in [5.41, 5.74) is 5.00. The Morgan fingerprint density at radius 3 is 1.72 bits per heavy atom. The van der Waals surface area contributed by atoms with E-state index in [4.69, 9.17) is 31.3 Å². The van der Waals surface area contributed by atoms with Gasteiger partial charge in [-0.3, -0.25) is 14.5 Å². The maximum Gasteiger partial charge on any atom is 1.00 e. The quantitative estimate of drug-likeness (QED) is 0.0946. The van der Waals surface area contributed by atoms with Gasteiger partial charge in [0.25, 0.3) is 0 Å². The molecule has 1 atom stereocenters. The van der Waals surface area contributed by atoms with Gasteiger partial charge in [-0.2, -0.15) is 0 Å². The van der Waals surface area contributed by atoms with Crippen LogP contribution in [0.25, 0.3) is 0 Å². The number of allylic oxidation sites excluding steroid dienone is 3. The van der Waals surface area contributed by atoms with Gasteiger partial charge in [0.05, 0.1) is 25.8 Å². The number of hydrogen-bond donors (Lipinski definition) is 6. The van der Waals surface area contributed by atoms with Crippen LogP contribution in [0.15, 0.2) is 24.3 Å². The molecular weight excluding hydrogens is 415 g/mol. The summed E-state index contributed by atoms with van der Waals surface area (Å²) in [6, 6.07) is -1.06. The van der Waals surface area contributed by atoms with Crippen LogP contribution in [-0.2, 0) is 14.4 Å². The Morgan fingerprint density at radius 2 is 1.45 bits per heavy atom. The fourth-order valence-electron chi connectivity index (χ4n) is 1.41. The summed E-state index contributed by atoms with van der Waals surface area (Å²) < 4.78 is 0. The number of nitrogens with zero attached hydrogens (tertiary/aromatic N) is 1. The van der Waals surface area contributed by atoms with E-state index in [0.29, 0.717) is 19.6 Å². The summed E-state index contributed by atoms with van der Waals surface area (Å²) in [5, 5.41) is 51.4. The van der Waals surface area contributed by atoms with E-state index in [0.717, 1.165) is 6.08 Å². The molecule has 0 rings (SSSR count). The zero-order valence-corrected chi connectivity index (χ0v) is 20.1. The average molecular weight is 447 g/mol. The van der Waals surface area contributed by atoms with E-state index in [2.05, 4.69) is 0 Å². The van der Waals surface area contributed by atoms with E-state index in [-0.39, 0.29) is 84.0 Å². The van der Waals surface area contributed by atoms with E-state index in [9.17, 15) is 19.5 Å². The van der Waals surface area contributed by atoms with Crippen LogP contribution in [0.4, 0.5) is 0 Å². The Kier molecular flexibility index (Phi) is 33.7. The molecule has 0 aliphatic rings. The Balaban J connectivity index is -0.000000160. The second-order valence-electron chi connectivity index (χ2n) is 5.09. The molecule has 0 spiro atoms. The molecule has 7 N–H and O–H groups in total. The standard InChI is InChI=1S/C6H15NO3.C6H8O2.C5H9NO4.K/c8-4-1-7(2-5-9)3-6-10;1-2-3-4-5-6(7)8;6-3(5(9)10)1-2-4(7)8;/h8-10H,1-6H2;2-5H,1H3,(H,7,8);3H,1-2,6H2,(H,7,8)(H,9,10);/q;;;+1/p-1/b;3-2+,5-4+;;. The van der Waals surface area contributed by atoms with Crippen LogP contribution in [0, 0.1) is 0 Å². The summed E-state index contributed by atoms with van der Waals surface area (Å²) in [5.74, 6) is -3.36. The monoisotopic (exact) mass is 446 g/mol. The number of carboxylic acid groups (broad SMARTS) is 3. The van der Waals surface area contributed by atoms with Gasteiger partial charge in [0, 0.05) is 26.1 Å². The molecule has 0 amide bonds. The number of carboxylic acids is 3. The van der Waals surface area contributed by atoms with E-state index in [1.165, 1.54) is 6.08 Å². The first-order chi connectivity index (χ1) is 13.2. The van der Waals surface area contributed by atoms with Gasteiger partial charge in [-0.25, -0.2) is 0 Å². The SMILES string of the molecule is C/C=C/C=C/C(=O)[O-].NC(CCC(=O)O)C(=O)O.OCCN(CCO)CCO.[K+]. The van der Waals surface area contributed by atoms with Crippen molar-refractivity contribution in [2.45, 2.75) is 25.8 Å². The topological polar surface area (TPSA) is 205 Å². The predicted molar refractivity (Wildman–Crippen MR) is 99.1 cm³/mol. The van der Waals surface area contributed by atoms with Crippen LogP contribution >= 0.6 is 0 Å². The molecule has 12 heteroatoms. The number of nitrogens with two attached hydrogens (primary N) is 1. The van der Waals surface area contributed by atoms with Crippen LogP contribution < -0.4 is 62.2 Å². The smallest absolute Gasteiger partial charge is 0.545 e. The molecule has 0 aromatic carbocycles. The van der Waals surface area contributed by atoms with Crippen molar-refractivity contribution in [3.05, 3.63) is 24.3 Å². The van der Waals surface area contributed by atoms with Crippen molar-refractivity contribution in [1.82, 2.24) is 4.90 Å². The molecule has 1 unspecified atom stereocenters. The Hall–Kier alpha value is -0.674. The first kappa shape index (κ1) is 35.7. The van der Waals surface area contributed by atoms with Crippen molar-refractivity contribution in [2.24, 2.45) is 5.73 Å². The predicted octanol–water partition coefficient (Wildman–Crippen LogP) is -5.60. The third-order valence-corrected chi connectivity index (χ3v) is 2.77. The van der Waals surface area contributed by atoms with E-state index < -0.39 is 23.9 Å². The van der Waals surface area contributed by atoms with Crippen LogP contribution in [0.3, 0.4) is 0 Å². The second-order valence-corrected chi connectivity index (χ2v) is 5.09. The summed E-state index contributed by atoms with van der Waals surface area (Å²) in [4.78, 5) is 31.3. The van der Waals surface area contributed by atoms with Crippen molar-refractivity contribution in [3.63, 3.8) is 0 Å². The molecular formula is C17H31KN2O9. The second kappa shape index (κ2) is 27.3. The number of rotatable bonds is 12. The maximum atomic E-state index is 9.99. The summed E-state index contributed by atoms with van der Waals surface area (Å²) in [6.45, 7) is 3.56. The van der Waals surface area contributed by atoms with Gasteiger partial charge in [-0.05, 0) is 19.4 Å². The Labute approximate surface area is 212 Å². The van der Waals surface area contributed by atoms with Crippen molar-refractivity contribution in [2.75, 3.05) is 39.5 Å². The normalized spacial score (nSPS) is 11.1. The van der Waals surface area contributed by atoms with E-state index >= 15 is 0 Å². The maximum absolute atomic E-state index is 9.99. The molecule has 164 valence electrons. The number of hydrogen-bond acceptors (Lipinski definition) is 9. The number of carbonyl (C=O) groups is 3. The number of aliphatic hydroxyl groups excluding tert-OH is 3. The molecule has 0 bridgehead atoms. The Morgan fingerprint density at radius 1 is 1.00 bits per heavy atom. The molecule has 0 saturated carbocycles. The van der Waals surface area contributed by atoms with Gasteiger partial charge in [0.2, 0.25) is 0 Å². The molecule has 0 saturated heterocycles. The van der Waals surface area contributed by atoms with Crippen molar-refractivity contribution in [1.29, 1.82) is 0 Å². The van der Waals surface area contributed by atoms with E-state index in [1.54, 1.807) is 24.0 Å². The van der Waals surface area contributed by atoms with Crippen LogP contribution in [-0.4, -0.2) is 93.8 Å². The van der Waals surface area contributed by atoms with Crippen molar-refractivity contribution in [3.8, 4) is 0 Å². The molecule has 0 fully saturated rings. The van der Waals surface area contributed by atoms with Gasteiger partial charge in [0.15, 0.2) is 0 Å². The van der Waals surface area contributed by atoms with E-state index in [1.807, 2.05) is 0 Å². The third kappa shape index (κ3) is 35.2. The number of aliphatic hydroxyl groups is 3. The van der Waals surface area contributed by atoms with Crippen molar-refractivity contribution < 1.29 is 96.4 Å². The number of carbonyl (C=O) groups excluding carboxylic acids is 1. The molecule has 0 aromatic heterocycles. The summed E-state index contributed by atoms with van der Waals surface area (Å²) in [7, 11) is 0. The Bertz CT molecular complexity index is 460. The zero-order chi connectivity index (χ0) is 22.4. The molecule has 11 nitrogen and oxygen atoms in total. The molecule has 0 aliphatic carbocycles. The van der Waals surface area contributed by atoms with Gasteiger partial charge < -0.3 is 41.2 Å². The van der Waals surface area contributed by atoms with Crippen LogP contribution in [0.1, 0.15) is 19.8 Å². The minimum atomic E-state index is -1.17. The molecule has 29 heavy (non-hydrogen) atoms. The largest absolute Gasteiger partial charge is 1.00 e. The fourth-order valence-corrected chi connectivity index (χ4v) is 1.41. The fraction of sp³-hybridized carbons (Fsp3) is 0.588. The molecule has 0 radical (unpaired) electrons. The molecule has 0 aliphatic heterocycles. The first-order valence-corrected chi connectivity index (χ1v) is 8.41. The van der Waals surface area contributed by atoms with Gasteiger partial charge in [-0.15, -0.1) is 0 Å². The zero-order valence-electron chi connectivity index (χ0n) is 16.9.